The molecule has 6 heteroatoms. The fraction of sp³-hybridized carbons (Fsp3) is 0.200. The molecule has 110 valence electrons. The molecule has 0 saturated carbocycles. The fourth-order valence-corrected chi connectivity index (χ4v) is 2.04. The van der Waals surface area contributed by atoms with Gasteiger partial charge in [0.1, 0.15) is 5.15 Å². The van der Waals surface area contributed by atoms with Gasteiger partial charge in [-0.1, -0.05) is 17.7 Å². The summed E-state index contributed by atoms with van der Waals surface area (Å²) in [6.45, 7) is 3.46. The van der Waals surface area contributed by atoms with Crippen LogP contribution in [0.5, 0.6) is 0 Å². The smallest absolute Gasteiger partial charge is 0.254 e. The van der Waals surface area contributed by atoms with Crippen molar-refractivity contribution in [1.82, 2.24) is 10.3 Å². The van der Waals surface area contributed by atoms with Crippen LogP contribution >= 0.6 is 11.6 Å². The van der Waals surface area contributed by atoms with Crippen molar-refractivity contribution in [3.05, 3.63) is 63.9 Å². The molecule has 0 fully saturated rings. The van der Waals surface area contributed by atoms with E-state index < -0.39 is 23.6 Å². The number of halogens is 3. The first-order chi connectivity index (χ1) is 9.88. The molecule has 1 aromatic carbocycles. The van der Waals surface area contributed by atoms with Gasteiger partial charge in [0, 0.05) is 6.20 Å². The quantitative estimate of drug-likeness (QED) is 0.876. The lowest BCUT2D eigenvalue weighted by Gasteiger charge is -2.15. The summed E-state index contributed by atoms with van der Waals surface area (Å²) >= 11 is 5.89. The summed E-state index contributed by atoms with van der Waals surface area (Å²) in [4.78, 5) is 16.1. The van der Waals surface area contributed by atoms with Crippen LogP contribution < -0.4 is 5.32 Å². The summed E-state index contributed by atoms with van der Waals surface area (Å²) in [7, 11) is 0. The van der Waals surface area contributed by atoms with Gasteiger partial charge in [-0.05, 0) is 43.2 Å². The van der Waals surface area contributed by atoms with Crippen molar-refractivity contribution in [3.8, 4) is 0 Å². The fourth-order valence-electron chi connectivity index (χ4n) is 1.85. The number of nitrogens with one attached hydrogen (secondary N) is 1. The Bertz CT molecular complexity index is 691. The molecule has 2 aromatic rings. The minimum atomic E-state index is -0.955. The SMILES string of the molecule is Cc1cnc(Cl)c(C(=O)N[C@@H](C)c2ccc(F)c(F)c2)c1. The Hall–Kier alpha value is -2.01. The van der Waals surface area contributed by atoms with Gasteiger partial charge in [0.05, 0.1) is 11.6 Å². The molecule has 0 saturated heterocycles. The van der Waals surface area contributed by atoms with Gasteiger partial charge in [0.15, 0.2) is 11.6 Å². The van der Waals surface area contributed by atoms with E-state index in [2.05, 4.69) is 10.3 Å². The second kappa shape index (κ2) is 6.18. The van der Waals surface area contributed by atoms with Crippen LogP contribution in [-0.4, -0.2) is 10.9 Å². The molecule has 21 heavy (non-hydrogen) atoms. The van der Waals surface area contributed by atoms with Crippen LogP contribution in [0.3, 0.4) is 0 Å². The number of aromatic nitrogens is 1. The molecular formula is C15H13ClF2N2O. The molecule has 3 nitrogen and oxygen atoms in total. The van der Waals surface area contributed by atoms with E-state index in [1.807, 2.05) is 0 Å². The van der Waals surface area contributed by atoms with E-state index >= 15 is 0 Å². The van der Waals surface area contributed by atoms with Crippen molar-refractivity contribution in [3.63, 3.8) is 0 Å². The van der Waals surface area contributed by atoms with Gasteiger partial charge < -0.3 is 5.32 Å². The minimum absolute atomic E-state index is 0.0931. The van der Waals surface area contributed by atoms with Crippen molar-refractivity contribution in [1.29, 1.82) is 0 Å². The third kappa shape index (κ3) is 3.55. The largest absolute Gasteiger partial charge is 0.345 e. The summed E-state index contributed by atoms with van der Waals surface area (Å²) < 4.78 is 26.1. The number of rotatable bonds is 3. The van der Waals surface area contributed by atoms with Crippen LogP contribution in [0, 0.1) is 18.6 Å². The average Bonchev–Trinajstić information content (AvgIpc) is 2.44. The predicted octanol–water partition coefficient (Wildman–Crippen LogP) is 3.81. The highest BCUT2D eigenvalue weighted by Gasteiger charge is 2.16. The predicted molar refractivity (Wildman–Crippen MR) is 76.2 cm³/mol. The molecule has 0 unspecified atom stereocenters. The summed E-state index contributed by atoms with van der Waals surface area (Å²) in [5.74, 6) is -2.31. The summed E-state index contributed by atoms with van der Waals surface area (Å²) in [5, 5.41) is 2.77. The van der Waals surface area contributed by atoms with Gasteiger partial charge in [0.2, 0.25) is 0 Å². The standard InChI is InChI=1S/C15H13ClF2N2O/c1-8-5-11(14(16)19-7-8)15(21)20-9(2)10-3-4-12(17)13(18)6-10/h3-7,9H,1-2H3,(H,20,21)/t9-/m0/s1. The zero-order chi connectivity index (χ0) is 15.6. The number of carbonyl (C=O) groups excluding carboxylic acids is 1. The zero-order valence-corrected chi connectivity index (χ0v) is 12.2. The number of carbonyl (C=O) groups is 1. The van der Waals surface area contributed by atoms with Crippen LogP contribution in [0.4, 0.5) is 8.78 Å². The van der Waals surface area contributed by atoms with Crippen molar-refractivity contribution in [2.75, 3.05) is 0 Å². The number of aryl methyl sites for hydroxylation is 1. The van der Waals surface area contributed by atoms with E-state index in [0.717, 1.165) is 17.7 Å². The maximum absolute atomic E-state index is 13.2. The molecule has 0 aliphatic rings. The molecule has 0 radical (unpaired) electrons. The molecule has 1 atom stereocenters. The van der Waals surface area contributed by atoms with Gasteiger partial charge in [-0.2, -0.15) is 0 Å². The molecule has 0 bridgehead atoms. The molecule has 2 rings (SSSR count). The van der Waals surface area contributed by atoms with Gasteiger partial charge in [-0.15, -0.1) is 0 Å². The van der Waals surface area contributed by atoms with Gasteiger partial charge >= 0.3 is 0 Å². The van der Waals surface area contributed by atoms with E-state index in [1.54, 1.807) is 26.1 Å². The number of benzene rings is 1. The maximum Gasteiger partial charge on any atom is 0.254 e. The third-order valence-electron chi connectivity index (χ3n) is 3.01. The number of hydrogen-bond donors (Lipinski definition) is 1. The van der Waals surface area contributed by atoms with Crippen molar-refractivity contribution >= 4 is 17.5 Å². The Morgan fingerprint density at radius 1 is 1.29 bits per heavy atom. The van der Waals surface area contributed by atoms with Gasteiger partial charge in [-0.3, -0.25) is 4.79 Å². The first-order valence-corrected chi connectivity index (χ1v) is 6.64. The summed E-state index contributed by atoms with van der Waals surface area (Å²) in [5.41, 5.74) is 1.50. The topological polar surface area (TPSA) is 42.0 Å². The van der Waals surface area contributed by atoms with Crippen LogP contribution in [0.15, 0.2) is 30.5 Å². The van der Waals surface area contributed by atoms with Crippen molar-refractivity contribution < 1.29 is 13.6 Å². The normalized spacial score (nSPS) is 12.0. The first kappa shape index (κ1) is 15.4. The molecule has 1 aromatic heterocycles. The second-order valence-corrected chi connectivity index (χ2v) is 5.08. The highest BCUT2D eigenvalue weighted by atomic mass is 35.5. The van der Waals surface area contributed by atoms with E-state index in [1.165, 1.54) is 6.07 Å². The Labute approximate surface area is 126 Å². The third-order valence-corrected chi connectivity index (χ3v) is 3.31. The molecule has 0 aliphatic heterocycles. The van der Waals surface area contributed by atoms with Crippen molar-refractivity contribution in [2.45, 2.75) is 19.9 Å². The van der Waals surface area contributed by atoms with Gasteiger partial charge in [-0.25, -0.2) is 13.8 Å². The lowest BCUT2D eigenvalue weighted by atomic mass is 10.1. The molecular weight excluding hydrogens is 298 g/mol. The Kier molecular flexibility index (Phi) is 4.53. The Morgan fingerprint density at radius 3 is 2.67 bits per heavy atom. The van der Waals surface area contributed by atoms with Crippen LogP contribution in [0.25, 0.3) is 0 Å². The number of amides is 1. The van der Waals surface area contributed by atoms with Gasteiger partial charge in [0.25, 0.3) is 5.91 Å². The molecule has 0 aliphatic carbocycles. The summed E-state index contributed by atoms with van der Waals surface area (Å²) in [6.07, 6.45) is 1.55. The monoisotopic (exact) mass is 310 g/mol. The lowest BCUT2D eigenvalue weighted by molar-refractivity contribution is 0.0939. The van der Waals surface area contributed by atoms with Crippen LogP contribution in [0.2, 0.25) is 5.15 Å². The summed E-state index contributed by atoms with van der Waals surface area (Å²) in [6, 6.07) is 4.61. The number of hydrogen-bond acceptors (Lipinski definition) is 2. The number of nitrogens with zero attached hydrogens (tertiary/aromatic N) is 1. The van der Waals surface area contributed by atoms with Crippen molar-refractivity contribution in [2.24, 2.45) is 0 Å². The van der Waals surface area contributed by atoms with Crippen LogP contribution in [-0.2, 0) is 0 Å². The van der Waals surface area contributed by atoms with E-state index in [4.69, 9.17) is 11.6 Å². The first-order valence-electron chi connectivity index (χ1n) is 6.26. The van der Waals surface area contributed by atoms with E-state index in [-0.39, 0.29) is 10.7 Å². The lowest BCUT2D eigenvalue weighted by Crippen LogP contribution is -2.27. The Balaban J connectivity index is 2.18. The minimum Gasteiger partial charge on any atom is -0.345 e. The molecule has 1 amide bonds. The number of pyridine rings is 1. The molecule has 1 N–H and O–H groups in total. The molecule has 1 heterocycles. The highest BCUT2D eigenvalue weighted by Crippen LogP contribution is 2.19. The second-order valence-electron chi connectivity index (χ2n) is 4.72. The highest BCUT2D eigenvalue weighted by molar-refractivity contribution is 6.32. The molecule has 0 spiro atoms. The van der Waals surface area contributed by atoms with E-state index in [9.17, 15) is 13.6 Å². The Morgan fingerprint density at radius 2 is 2.00 bits per heavy atom. The average molecular weight is 311 g/mol. The maximum atomic E-state index is 13.2. The van der Waals surface area contributed by atoms with E-state index in [0.29, 0.717) is 5.56 Å². The van der Waals surface area contributed by atoms with Crippen LogP contribution in [0.1, 0.15) is 34.5 Å². The zero-order valence-electron chi connectivity index (χ0n) is 11.5.